The maximum atomic E-state index is 13.0. The van der Waals surface area contributed by atoms with Crippen LogP contribution in [0.3, 0.4) is 0 Å². The van der Waals surface area contributed by atoms with Crippen molar-refractivity contribution in [2.24, 2.45) is 10.9 Å². The van der Waals surface area contributed by atoms with Crippen LogP contribution in [0.25, 0.3) is 16.8 Å². The van der Waals surface area contributed by atoms with Gasteiger partial charge in [-0.1, -0.05) is 39.2 Å². The van der Waals surface area contributed by atoms with Gasteiger partial charge in [0.1, 0.15) is 0 Å². The number of ether oxygens (including phenoxy) is 1. The summed E-state index contributed by atoms with van der Waals surface area (Å²) in [5, 5.41) is 0. The molecule has 0 saturated carbocycles. The molecule has 0 saturated heterocycles. The lowest BCUT2D eigenvalue weighted by atomic mass is 9.99. The van der Waals surface area contributed by atoms with Gasteiger partial charge in [-0.3, -0.25) is 15.0 Å². The number of nitrogens with zero attached hydrogens (tertiary/aromatic N) is 3. The maximum Gasteiger partial charge on any atom is 0.340 e. The predicted octanol–water partition coefficient (Wildman–Crippen LogP) is 4.72. The molecule has 2 aromatic rings. The molecular formula is C23H27N3O2. The standard InChI is InChI=1S/C23H27N3O2/c1-4-6-8-16(5-2)15-28-23(27)20(13-24-3)21-18-9-7-11-26-22(18)17-10-12-25-14-19(17)21/h7,9-14,16H,4-6,8,15H2,1-3H3/b21-20-,24-13+. The zero-order valence-corrected chi connectivity index (χ0v) is 16.8. The Kier molecular flexibility index (Phi) is 6.69. The van der Waals surface area contributed by atoms with Gasteiger partial charge in [-0.25, -0.2) is 4.79 Å². The number of carbonyl (C=O) groups is 1. The molecule has 5 nitrogen and oxygen atoms in total. The smallest absolute Gasteiger partial charge is 0.340 e. The van der Waals surface area contributed by atoms with Crippen molar-refractivity contribution in [2.45, 2.75) is 39.5 Å². The molecule has 5 heteroatoms. The Hall–Kier alpha value is -2.82. The second-order valence-corrected chi connectivity index (χ2v) is 7.01. The largest absolute Gasteiger partial charge is 0.462 e. The SMILES string of the molecule is CCCCC(CC)COC(=O)C(/C=N/C)=C1\c2cnccc2-c2ncccc21. The van der Waals surface area contributed by atoms with E-state index in [2.05, 4.69) is 28.8 Å². The van der Waals surface area contributed by atoms with Gasteiger partial charge in [-0.2, -0.15) is 0 Å². The average Bonchev–Trinajstić information content (AvgIpc) is 3.06. The van der Waals surface area contributed by atoms with E-state index in [1.807, 2.05) is 18.2 Å². The molecule has 28 heavy (non-hydrogen) atoms. The van der Waals surface area contributed by atoms with Gasteiger partial charge in [0.15, 0.2) is 0 Å². The number of fused-ring (bicyclic) bond motifs is 3. The minimum atomic E-state index is -0.345. The van der Waals surface area contributed by atoms with E-state index in [4.69, 9.17) is 4.74 Å². The van der Waals surface area contributed by atoms with Crippen molar-refractivity contribution in [3.63, 3.8) is 0 Å². The fourth-order valence-electron chi connectivity index (χ4n) is 3.57. The molecule has 0 spiro atoms. The Labute approximate surface area is 166 Å². The van der Waals surface area contributed by atoms with Crippen LogP contribution in [-0.4, -0.2) is 35.8 Å². The van der Waals surface area contributed by atoms with Crippen LogP contribution in [-0.2, 0) is 9.53 Å². The van der Waals surface area contributed by atoms with Crippen LogP contribution >= 0.6 is 0 Å². The number of esters is 1. The van der Waals surface area contributed by atoms with Crippen LogP contribution in [0.5, 0.6) is 0 Å². The maximum absolute atomic E-state index is 13.0. The molecule has 0 aromatic carbocycles. The monoisotopic (exact) mass is 377 g/mol. The zero-order valence-electron chi connectivity index (χ0n) is 16.8. The van der Waals surface area contributed by atoms with E-state index >= 15 is 0 Å². The Morgan fingerprint density at radius 2 is 2.07 bits per heavy atom. The van der Waals surface area contributed by atoms with Gasteiger partial charge in [-0.05, 0) is 24.5 Å². The summed E-state index contributed by atoms with van der Waals surface area (Å²) >= 11 is 0. The third-order valence-corrected chi connectivity index (χ3v) is 5.16. The highest BCUT2D eigenvalue weighted by Crippen LogP contribution is 2.43. The van der Waals surface area contributed by atoms with Gasteiger partial charge in [-0.15, -0.1) is 0 Å². The molecule has 1 aliphatic rings. The molecule has 1 unspecified atom stereocenters. The van der Waals surface area contributed by atoms with Crippen molar-refractivity contribution < 1.29 is 9.53 Å². The molecule has 0 N–H and O–H groups in total. The molecular weight excluding hydrogens is 350 g/mol. The van der Waals surface area contributed by atoms with Gasteiger partial charge in [0.2, 0.25) is 0 Å². The van der Waals surface area contributed by atoms with Crippen LogP contribution in [0.15, 0.2) is 47.4 Å². The molecule has 3 rings (SSSR count). The summed E-state index contributed by atoms with van der Waals surface area (Å²) in [5.74, 6) is 0.0438. The minimum absolute atomic E-state index is 0.345. The lowest BCUT2D eigenvalue weighted by molar-refractivity contribution is -0.139. The van der Waals surface area contributed by atoms with Crippen molar-refractivity contribution in [3.8, 4) is 11.3 Å². The number of hydrogen-bond donors (Lipinski definition) is 0. The number of unbranched alkanes of at least 4 members (excludes halogenated alkanes) is 1. The zero-order chi connectivity index (χ0) is 19.9. The van der Waals surface area contributed by atoms with Gasteiger partial charge in [0.05, 0.1) is 17.9 Å². The molecule has 146 valence electrons. The quantitative estimate of drug-likeness (QED) is 0.324. The van der Waals surface area contributed by atoms with Crippen LogP contribution in [0.2, 0.25) is 0 Å². The van der Waals surface area contributed by atoms with E-state index in [1.54, 1.807) is 31.9 Å². The summed E-state index contributed by atoms with van der Waals surface area (Å²) in [5.41, 5.74) is 4.89. The summed E-state index contributed by atoms with van der Waals surface area (Å²) in [4.78, 5) is 25.9. The number of rotatable bonds is 8. The predicted molar refractivity (Wildman–Crippen MR) is 112 cm³/mol. The number of carbonyl (C=O) groups excluding carboxylic acids is 1. The summed E-state index contributed by atoms with van der Waals surface area (Å²) in [6.45, 7) is 4.75. The van der Waals surface area contributed by atoms with Gasteiger partial charge in [0.25, 0.3) is 0 Å². The van der Waals surface area contributed by atoms with Crippen LogP contribution < -0.4 is 0 Å². The molecule has 0 radical (unpaired) electrons. The summed E-state index contributed by atoms with van der Waals surface area (Å²) in [6, 6.07) is 5.78. The highest BCUT2D eigenvalue weighted by atomic mass is 16.5. The van der Waals surface area contributed by atoms with Crippen molar-refractivity contribution in [1.29, 1.82) is 0 Å². The number of aromatic nitrogens is 2. The molecule has 1 aliphatic carbocycles. The van der Waals surface area contributed by atoms with Crippen molar-refractivity contribution in [2.75, 3.05) is 13.7 Å². The van der Waals surface area contributed by atoms with E-state index in [0.717, 1.165) is 53.6 Å². The van der Waals surface area contributed by atoms with E-state index in [-0.39, 0.29) is 5.97 Å². The molecule has 2 aromatic heterocycles. The van der Waals surface area contributed by atoms with E-state index in [9.17, 15) is 4.79 Å². The third kappa shape index (κ3) is 4.03. The Balaban J connectivity index is 1.97. The fourth-order valence-corrected chi connectivity index (χ4v) is 3.57. The van der Waals surface area contributed by atoms with Crippen LogP contribution in [0, 0.1) is 5.92 Å². The topological polar surface area (TPSA) is 64.4 Å². The fraction of sp³-hybridized carbons (Fsp3) is 0.391. The molecule has 0 fully saturated rings. The van der Waals surface area contributed by atoms with Crippen molar-refractivity contribution in [1.82, 2.24) is 9.97 Å². The molecule has 1 atom stereocenters. The number of aliphatic imine (C=N–C) groups is 1. The lowest BCUT2D eigenvalue weighted by Crippen LogP contribution is -2.17. The Morgan fingerprint density at radius 3 is 2.82 bits per heavy atom. The van der Waals surface area contributed by atoms with E-state index < -0.39 is 0 Å². The van der Waals surface area contributed by atoms with Crippen molar-refractivity contribution >= 4 is 17.8 Å². The second kappa shape index (κ2) is 9.40. The van der Waals surface area contributed by atoms with Crippen LogP contribution in [0.1, 0.15) is 50.7 Å². The summed E-state index contributed by atoms with van der Waals surface area (Å²) in [7, 11) is 1.66. The lowest BCUT2D eigenvalue weighted by Gasteiger charge is -2.15. The third-order valence-electron chi connectivity index (χ3n) is 5.16. The van der Waals surface area contributed by atoms with E-state index in [0.29, 0.717) is 18.1 Å². The first-order chi connectivity index (χ1) is 13.7. The summed E-state index contributed by atoms with van der Waals surface area (Å²) in [6.07, 6.45) is 11.2. The minimum Gasteiger partial charge on any atom is -0.462 e. The first-order valence-electron chi connectivity index (χ1n) is 9.94. The highest BCUT2D eigenvalue weighted by Gasteiger charge is 2.29. The van der Waals surface area contributed by atoms with Gasteiger partial charge < -0.3 is 4.74 Å². The first-order valence-corrected chi connectivity index (χ1v) is 9.94. The average molecular weight is 377 g/mol. The Morgan fingerprint density at radius 1 is 1.21 bits per heavy atom. The Bertz CT molecular complexity index is 855. The summed E-state index contributed by atoms with van der Waals surface area (Å²) < 4.78 is 5.72. The van der Waals surface area contributed by atoms with Crippen LogP contribution in [0.4, 0.5) is 0 Å². The molecule has 0 bridgehead atoms. The highest BCUT2D eigenvalue weighted by molar-refractivity contribution is 6.21. The number of pyridine rings is 2. The number of hydrogen-bond acceptors (Lipinski definition) is 5. The molecule has 0 amide bonds. The second-order valence-electron chi connectivity index (χ2n) is 7.01. The van der Waals surface area contributed by atoms with Crippen molar-refractivity contribution in [3.05, 3.63) is 53.5 Å². The van der Waals surface area contributed by atoms with Gasteiger partial charge >= 0.3 is 5.97 Å². The first kappa shape index (κ1) is 19.9. The molecule has 2 heterocycles. The normalized spacial score (nSPS) is 15.2. The molecule has 0 aliphatic heterocycles. The van der Waals surface area contributed by atoms with E-state index in [1.165, 1.54) is 0 Å². The van der Waals surface area contributed by atoms with Gasteiger partial charge in [0, 0.05) is 54.1 Å².